The van der Waals surface area contributed by atoms with Gasteiger partial charge in [0.2, 0.25) is 5.95 Å². The summed E-state index contributed by atoms with van der Waals surface area (Å²) in [5.41, 5.74) is 1.19. The zero-order valence-electron chi connectivity index (χ0n) is 9.24. The molecule has 0 saturated heterocycles. The van der Waals surface area contributed by atoms with Crippen molar-refractivity contribution in [2.45, 2.75) is 0 Å². The minimum absolute atomic E-state index is 0.0697. The van der Waals surface area contributed by atoms with Gasteiger partial charge >= 0.3 is 0 Å². The van der Waals surface area contributed by atoms with Crippen LogP contribution < -0.4 is 5.32 Å². The minimum atomic E-state index is -0.419. The van der Waals surface area contributed by atoms with Gasteiger partial charge in [0.1, 0.15) is 11.2 Å². The van der Waals surface area contributed by atoms with Gasteiger partial charge in [0.05, 0.1) is 11.3 Å². The topological polar surface area (TPSA) is 99.3 Å². The molecule has 0 aliphatic carbocycles. The van der Waals surface area contributed by atoms with Gasteiger partial charge < -0.3 is 9.97 Å². The molecule has 0 aliphatic heterocycles. The van der Waals surface area contributed by atoms with E-state index in [1.165, 1.54) is 18.6 Å². The van der Waals surface area contributed by atoms with Crippen LogP contribution in [-0.2, 0) is 0 Å². The van der Waals surface area contributed by atoms with Crippen LogP contribution in [0.4, 0.5) is 5.95 Å². The number of aromatic nitrogens is 5. The molecule has 0 aromatic carbocycles. The van der Waals surface area contributed by atoms with E-state index in [-0.39, 0.29) is 11.1 Å². The first kappa shape index (κ1) is 11.9. The molecule has 0 unspecified atom stereocenters. The fourth-order valence-corrected chi connectivity index (χ4v) is 1.90. The molecule has 19 heavy (non-hydrogen) atoms. The maximum atomic E-state index is 11.9. The number of halogens is 2. The van der Waals surface area contributed by atoms with Crippen molar-refractivity contribution < 1.29 is 4.79 Å². The summed E-state index contributed by atoms with van der Waals surface area (Å²) in [5, 5.41) is 3.12. The van der Waals surface area contributed by atoms with E-state index in [1.54, 1.807) is 0 Å². The Kier molecular flexibility index (Phi) is 2.84. The molecular formula is C10H6Cl2N6O. The van der Waals surface area contributed by atoms with Gasteiger partial charge in [-0.25, -0.2) is 4.98 Å². The van der Waals surface area contributed by atoms with Crippen molar-refractivity contribution in [3.05, 3.63) is 34.5 Å². The van der Waals surface area contributed by atoms with Gasteiger partial charge in [0.25, 0.3) is 5.91 Å². The fourth-order valence-electron chi connectivity index (χ4n) is 1.52. The first-order chi connectivity index (χ1) is 9.13. The maximum absolute atomic E-state index is 11.9. The van der Waals surface area contributed by atoms with Crippen LogP contribution in [0.1, 0.15) is 10.5 Å². The van der Waals surface area contributed by atoms with E-state index in [2.05, 4.69) is 30.2 Å². The van der Waals surface area contributed by atoms with Crippen LogP contribution in [0.3, 0.4) is 0 Å². The van der Waals surface area contributed by atoms with E-state index in [4.69, 9.17) is 23.2 Å². The van der Waals surface area contributed by atoms with Crippen molar-refractivity contribution in [3.63, 3.8) is 0 Å². The lowest BCUT2D eigenvalue weighted by Gasteiger charge is -2.02. The third-order valence-electron chi connectivity index (χ3n) is 2.36. The van der Waals surface area contributed by atoms with Crippen molar-refractivity contribution >= 4 is 46.2 Å². The molecule has 0 radical (unpaired) electrons. The Hall–Kier alpha value is -2.12. The number of fused-ring (bicyclic) bond motifs is 1. The summed E-state index contributed by atoms with van der Waals surface area (Å²) >= 11 is 11.7. The predicted octanol–water partition coefficient (Wildman–Crippen LogP) is 2.24. The highest BCUT2D eigenvalue weighted by Gasteiger charge is 2.13. The zero-order chi connectivity index (χ0) is 13.4. The number of carbonyl (C=O) groups excluding carboxylic acids is 1. The van der Waals surface area contributed by atoms with Gasteiger partial charge in [-0.1, -0.05) is 23.2 Å². The largest absolute Gasteiger partial charge is 0.356 e. The number of hydrogen-bond donors (Lipinski definition) is 3. The molecule has 3 aromatic heterocycles. The van der Waals surface area contributed by atoms with E-state index in [0.717, 1.165) is 0 Å². The number of amides is 1. The van der Waals surface area contributed by atoms with Crippen LogP contribution in [0.15, 0.2) is 18.6 Å². The van der Waals surface area contributed by atoms with E-state index >= 15 is 0 Å². The lowest BCUT2D eigenvalue weighted by atomic mass is 10.4. The van der Waals surface area contributed by atoms with Crippen molar-refractivity contribution in [2.24, 2.45) is 0 Å². The molecule has 0 bridgehead atoms. The lowest BCUT2D eigenvalue weighted by Crippen LogP contribution is -2.14. The van der Waals surface area contributed by atoms with Gasteiger partial charge in [0, 0.05) is 6.20 Å². The summed E-state index contributed by atoms with van der Waals surface area (Å²) in [7, 11) is 0. The second kappa shape index (κ2) is 4.52. The van der Waals surface area contributed by atoms with E-state index < -0.39 is 5.91 Å². The van der Waals surface area contributed by atoms with Gasteiger partial charge in [-0.15, -0.1) is 0 Å². The van der Waals surface area contributed by atoms with Crippen molar-refractivity contribution in [3.8, 4) is 0 Å². The smallest absolute Gasteiger partial charge is 0.274 e. The molecule has 0 fully saturated rings. The molecule has 96 valence electrons. The standard InChI is InChI=1S/C10H6Cl2N6O/c11-4-1-5(13-2-4)9(19)18-10-16-7(12)6-8(17-10)15-3-14-6/h1-3,13H,(H2,14,15,16,17,18,19). The summed E-state index contributed by atoms with van der Waals surface area (Å²) in [6.45, 7) is 0. The Labute approximate surface area is 116 Å². The average molecular weight is 297 g/mol. The van der Waals surface area contributed by atoms with E-state index in [9.17, 15) is 4.79 Å². The van der Waals surface area contributed by atoms with Gasteiger partial charge in [-0.05, 0) is 6.07 Å². The minimum Gasteiger partial charge on any atom is -0.356 e. The molecule has 0 aliphatic rings. The monoisotopic (exact) mass is 296 g/mol. The fraction of sp³-hybridized carbons (Fsp3) is 0. The quantitative estimate of drug-likeness (QED) is 0.631. The molecule has 1 amide bonds. The highest BCUT2D eigenvalue weighted by Crippen LogP contribution is 2.18. The number of nitrogens with one attached hydrogen (secondary N) is 3. The number of aromatic amines is 2. The average Bonchev–Trinajstić information content (AvgIpc) is 2.97. The molecule has 3 N–H and O–H groups in total. The van der Waals surface area contributed by atoms with Crippen LogP contribution in [0.2, 0.25) is 10.2 Å². The molecule has 0 saturated carbocycles. The Morgan fingerprint density at radius 3 is 2.84 bits per heavy atom. The summed E-state index contributed by atoms with van der Waals surface area (Å²) in [6.07, 6.45) is 2.95. The second-order valence-electron chi connectivity index (χ2n) is 3.62. The Balaban J connectivity index is 1.90. The van der Waals surface area contributed by atoms with Crippen LogP contribution in [0, 0.1) is 0 Å². The Bertz CT molecular complexity index is 764. The third-order valence-corrected chi connectivity index (χ3v) is 2.85. The number of anilines is 1. The number of nitrogens with zero attached hydrogens (tertiary/aromatic N) is 3. The zero-order valence-corrected chi connectivity index (χ0v) is 10.7. The maximum Gasteiger partial charge on any atom is 0.274 e. The lowest BCUT2D eigenvalue weighted by molar-refractivity contribution is 0.102. The van der Waals surface area contributed by atoms with E-state index in [1.807, 2.05) is 0 Å². The first-order valence-electron chi connectivity index (χ1n) is 5.15. The normalized spacial score (nSPS) is 10.8. The van der Waals surface area contributed by atoms with Gasteiger partial charge in [-0.3, -0.25) is 10.1 Å². The molecule has 0 spiro atoms. The molecule has 0 atom stereocenters. The summed E-state index contributed by atoms with van der Waals surface area (Å²) in [4.78, 5) is 29.3. The van der Waals surface area contributed by atoms with Crippen LogP contribution in [0.25, 0.3) is 11.2 Å². The Morgan fingerprint density at radius 2 is 2.11 bits per heavy atom. The van der Waals surface area contributed by atoms with Crippen molar-refractivity contribution in [2.75, 3.05) is 5.32 Å². The molecule has 3 aromatic rings. The summed E-state index contributed by atoms with van der Waals surface area (Å²) in [5.74, 6) is -0.349. The SMILES string of the molecule is O=C(Nc1nc(Cl)c2[nH]cnc2n1)c1cc(Cl)c[nH]1. The van der Waals surface area contributed by atoms with Crippen LogP contribution >= 0.6 is 23.2 Å². The molecule has 3 heterocycles. The molecule has 3 rings (SSSR count). The van der Waals surface area contributed by atoms with E-state index in [0.29, 0.717) is 21.9 Å². The highest BCUT2D eigenvalue weighted by atomic mass is 35.5. The second-order valence-corrected chi connectivity index (χ2v) is 4.42. The van der Waals surface area contributed by atoms with Crippen molar-refractivity contribution in [1.82, 2.24) is 24.9 Å². The third kappa shape index (κ3) is 2.25. The highest BCUT2D eigenvalue weighted by molar-refractivity contribution is 6.33. The number of hydrogen-bond acceptors (Lipinski definition) is 4. The first-order valence-corrected chi connectivity index (χ1v) is 5.91. The number of H-pyrrole nitrogens is 2. The molecule has 7 nitrogen and oxygen atoms in total. The van der Waals surface area contributed by atoms with Gasteiger partial charge in [0.15, 0.2) is 10.8 Å². The van der Waals surface area contributed by atoms with Crippen LogP contribution in [0.5, 0.6) is 0 Å². The number of rotatable bonds is 2. The predicted molar refractivity (Wildman–Crippen MR) is 70.4 cm³/mol. The summed E-state index contributed by atoms with van der Waals surface area (Å²) < 4.78 is 0. The van der Waals surface area contributed by atoms with Crippen molar-refractivity contribution in [1.29, 1.82) is 0 Å². The van der Waals surface area contributed by atoms with Gasteiger partial charge in [-0.2, -0.15) is 9.97 Å². The van der Waals surface area contributed by atoms with Crippen LogP contribution in [-0.4, -0.2) is 30.8 Å². The number of imidazole rings is 1. The molecular weight excluding hydrogens is 291 g/mol. The summed E-state index contributed by atoms with van der Waals surface area (Å²) in [6, 6.07) is 1.49. The number of carbonyl (C=O) groups is 1. The molecule has 9 heteroatoms. The Morgan fingerprint density at radius 1 is 1.26 bits per heavy atom.